The van der Waals surface area contributed by atoms with Crippen LogP contribution in [0.15, 0.2) is 36.4 Å². The van der Waals surface area contributed by atoms with Crippen LogP contribution in [0.25, 0.3) is 0 Å². The minimum atomic E-state index is -0.733. The van der Waals surface area contributed by atoms with Gasteiger partial charge in [0, 0.05) is 11.6 Å². The number of carbonyl (C=O) groups is 1. The lowest BCUT2D eigenvalue weighted by atomic mass is 10.2. The van der Waals surface area contributed by atoms with Crippen LogP contribution >= 0.6 is 22.6 Å². The van der Waals surface area contributed by atoms with Crippen LogP contribution in [-0.4, -0.2) is 16.1 Å². The van der Waals surface area contributed by atoms with Gasteiger partial charge in [-0.05, 0) is 52.9 Å². The van der Waals surface area contributed by atoms with Crippen LogP contribution in [0.3, 0.4) is 0 Å². The molecule has 0 aliphatic heterocycles. The van der Waals surface area contributed by atoms with Gasteiger partial charge < -0.3 is 15.5 Å². The van der Waals surface area contributed by atoms with Crippen molar-refractivity contribution in [2.24, 2.45) is 0 Å². The molecule has 0 unspecified atom stereocenters. The number of halogens is 2. The van der Waals surface area contributed by atoms with Crippen LogP contribution in [0.5, 0.6) is 11.5 Å². The molecule has 0 bridgehead atoms. The molecule has 0 radical (unpaired) electrons. The van der Waals surface area contributed by atoms with E-state index < -0.39 is 11.7 Å². The number of benzene rings is 2. The molecule has 0 spiro atoms. The summed E-state index contributed by atoms with van der Waals surface area (Å²) in [6.45, 7) is 0. The lowest BCUT2D eigenvalue weighted by Crippen LogP contribution is -2.12. The zero-order valence-electron chi connectivity index (χ0n) is 9.52. The number of carbonyl (C=O) groups excluding carboxylic acids is 1. The van der Waals surface area contributed by atoms with Crippen molar-refractivity contribution in [1.82, 2.24) is 0 Å². The van der Waals surface area contributed by atoms with Gasteiger partial charge in [0.15, 0.2) is 0 Å². The molecule has 0 saturated heterocycles. The maximum absolute atomic E-state index is 13.4. The summed E-state index contributed by atoms with van der Waals surface area (Å²) in [7, 11) is 0. The van der Waals surface area contributed by atoms with Crippen LogP contribution in [0.2, 0.25) is 0 Å². The first-order valence-corrected chi connectivity index (χ1v) is 6.33. The van der Waals surface area contributed by atoms with E-state index in [9.17, 15) is 14.3 Å². The van der Waals surface area contributed by atoms with Crippen molar-refractivity contribution in [3.05, 3.63) is 51.3 Å². The molecular formula is C13H9FINO3. The number of hydrogen-bond acceptors (Lipinski definition) is 3. The Bertz CT molecular complexity index is 646. The summed E-state index contributed by atoms with van der Waals surface area (Å²) in [4.78, 5) is 11.9. The zero-order chi connectivity index (χ0) is 14.0. The SMILES string of the molecule is O=C(Nc1ccc(O)cc1F)c1ccc(I)c(O)c1. The monoisotopic (exact) mass is 373 g/mol. The number of aromatic hydroxyl groups is 2. The van der Waals surface area contributed by atoms with Crippen LogP contribution in [0.4, 0.5) is 10.1 Å². The van der Waals surface area contributed by atoms with Crippen LogP contribution in [0, 0.1) is 9.39 Å². The molecule has 19 heavy (non-hydrogen) atoms. The molecule has 0 aromatic heterocycles. The third-order valence-electron chi connectivity index (χ3n) is 2.41. The third-order valence-corrected chi connectivity index (χ3v) is 3.32. The molecule has 6 heteroatoms. The number of phenols is 2. The Kier molecular flexibility index (Phi) is 3.89. The molecular weight excluding hydrogens is 364 g/mol. The Morgan fingerprint density at radius 3 is 2.53 bits per heavy atom. The summed E-state index contributed by atoms with van der Waals surface area (Å²) in [5.41, 5.74) is 0.172. The third kappa shape index (κ3) is 3.14. The maximum atomic E-state index is 13.4. The molecule has 3 N–H and O–H groups in total. The Morgan fingerprint density at radius 2 is 1.89 bits per heavy atom. The second-order valence-corrected chi connectivity index (χ2v) is 4.95. The van der Waals surface area contributed by atoms with Gasteiger partial charge >= 0.3 is 0 Å². The van der Waals surface area contributed by atoms with E-state index in [-0.39, 0.29) is 22.7 Å². The first kappa shape index (κ1) is 13.6. The fraction of sp³-hybridized carbons (Fsp3) is 0. The van der Waals surface area contributed by atoms with Gasteiger partial charge in [0.1, 0.15) is 17.3 Å². The van der Waals surface area contributed by atoms with Crippen molar-refractivity contribution in [3.63, 3.8) is 0 Å². The molecule has 1 amide bonds. The van der Waals surface area contributed by atoms with Gasteiger partial charge in [0.2, 0.25) is 0 Å². The van der Waals surface area contributed by atoms with Gasteiger partial charge in [-0.15, -0.1) is 0 Å². The standard InChI is InChI=1S/C13H9FINO3/c14-9-6-8(17)2-4-11(9)16-13(19)7-1-3-10(15)12(18)5-7/h1-6,17-18H,(H,16,19). The highest BCUT2D eigenvalue weighted by atomic mass is 127. The van der Waals surface area contributed by atoms with E-state index >= 15 is 0 Å². The first-order chi connectivity index (χ1) is 8.97. The fourth-order valence-corrected chi connectivity index (χ4v) is 1.79. The van der Waals surface area contributed by atoms with Crippen LogP contribution in [-0.2, 0) is 0 Å². The van der Waals surface area contributed by atoms with Crippen molar-refractivity contribution in [2.45, 2.75) is 0 Å². The molecule has 2 aromatic rings. The summed E-state index contributed by atoms with van der Waals surface area (Å²) in [6.07, 6.45) is 0. The number of nitrogens with one attached hydrogen (secondary N) is 1. The number of anilines is 1. The zero-order valence-corrected chi connectivity index (χ0v) is 11.7. The van der Waals surface area contributed by atoms with Gasteiger partial charge in [-0.3, -0.25) is 4.79 Å². The highest BCUT2D eigenvalue weighted by molar-refractivity contribution is 14.1. The average molecular weight is 373 g/mol. The lowest BCUT2D eigenvalue weighted by Gasteiger charge is -2.07. The normalized spacial score (nSPS) is 10.2. The minimum Gasteiger partial charge on any atom is -0.508 e. The van der Waals surface area contributed by atoms with E-state index in [4.69, 9.17) is 5.11 Å². The van der Waals surface area contributed by atoms with E-state index in [0.717, 1.165) is 6.07 Å². The van der Waals surface area contributed by atoms with E-state index in [2.05, 4.69) is 5.32 Å². The quantitative estimate of drug-likeness (QED) is 0.560. The largest absolute Gasteiger partial charge is 0.508 e. The number of amides is 1. The molecule has 2 aromatic carbocycles. The predicted octanol–water partition coefficient (Wildman–Crippen LogP) is 3.09. The van der Waals surface area contributed by atoms with Crippen LogP contribution in [0.1, 0.15) is 10.4 Å². The topological polar surface area (TPSA) is 69.6 Å². The Labute approximate surface area is 122 Å². The molecule has 0 atom stereocenters. The average Bonchev–Trinajstić information content (AvgIpc) is 2.36. The van der Waals surface area contributed by atoms with Crippen LogP contribution < -0.4 is 5.32 Å². The van der Waals surface area contributed by atoms with Crippen molar-refractivity contribution in [1.29, 1.82) is 0 Å². The fourth-order valence-electron chi connectivity index (χ4n) is 1.45. The second kappa shape index (κ2) is 5.43. The number of phenolic OH excluding ortho intramolecular Hbond substituents is 2. The molecule has 2 rings (SSSR count). The van der Waals surface area contributed by atoms with Crippen molar-refractivity contribution in [3.8, 4) is 11.5 Å². The molecule has 0 aliphatic carbocycles. The first-order valence-electron chi connectivity index (χ1n) is 5.26. The molecule has 4 nitrogen and oxygen atoms in total. The Balaban J connectivity index is 2.23. The van der Waals surface area contributed by atoms with Gasteiger partial charge in [0.05, 0.1) is 9.26 Å². The van der Waals surface area contributed by atoms with Crippen molar-refractivity contribution in [2.75, 3.05) is 5.32 Å². The number of rotatable bonds is 2. The number of hydrogen-bond donors (Lipinski definition) is 3. The summed E-state index contributed by atoms with van der Waals surface area (Å²) in [5, 5.41) is 20.9. The van der Waals surface area contributed by atoms with Gasteiger partial charge in [0.25, 0.3) is 5.91 Å². The molecule has 0 aliphatic rings. The van der Waals surface area contributed by atoms with E-state index in [0.29, 0.717) is 3.57 Å². The minimum absolute atomic E-state index is 0.0144. The highest BCUT2D eigenvalue weighted by Gasteiger charge is 2.11. The Morgan fingerprint density at radius 1 is 1.16 bits per heavy atom. The van der Waals surface area contributed by atoms with Gasteiger partial charge in [-0.2, -0.15) is 0 Å². The summed E-state index contributed by atoms with van der Waals surface area (Å²) in [5.74, 6) is -1.51. The van der Waals surface area contributed by atoms with Gasteiger partial charge in [-0.1, -0.05) is 0 Å². The molecule has 0 saturated carbocycles. The van der Waals surface area contributed by atoms with E-state index in [1.165, 1.54) is 24.3 Å². The summed E-state index contributed by atoms with van der Waals surface area (Å²) < 4.78 is 14.1. The smallest absolute Gasteiger partial charge is 0.255 e. The maximum Gasteiger partial charge on any atom is 0.255 e. The second-order valence-electron chi connectivity index (χ2n) is 3.78. The van der Waals surface area contributed by atoms with E-state index in [1.807, 2.05) is 22.6 Å². The van der Waals surface area contributed by atoms with Crippen molar-refractivity contribution >= 4 is 34.2 Å². The molecule has 0 fully saturated rings. The highest BCUT2D eigenvalue weighted by Crippen LogP contribution is 2.23. The Hall–Kier alpha value is -1.83. The summed E-state index contributed by atoms with van der Waals surface area (Å²) in [6, 6.07) is 7.84. The predicted molar refractivity (Wildman–Crippen MR) is 76.8 cm³/mol. The van der Waals surface area contributed by atoms with E-state index in [1.54, 1.807) is 6.07 Å². The van der Waals surface area contributed by atoms with Gasteiger partial charge in [-0.25, -0.2) is 4.39 Å². The molecule has 0 heterocycles. The lowest BCUT2D eigenvalue weighted by molar-refractivity contribution is 0.102. The summed E-state index contributed by atoms with van der Waals surface area (Å²) >= 11 is 1.93. The van der Waals surface area contributed by atoms with Crippen molar-refractivity contribution < 1.29 is 19.4 Å². The molecule has 98 valence electrons.